The van der Waals surface area contributed by atoms with Gasteiger partial charge in [-0.05, 0) is 194 Å². The van der Waals surface area contributed by atoms with Crippen LogP contribution in [0.3, 0.4) is 0 Å². The topological polar surface area (TPSA) is 174 Å². The van der Waals surface area contributed by atoms with Crippen LogP contribution in [0, 0.1) is 22.5 Å². The summed E-state index contributed by atoms with van der Waals surface area (Å²) in [5, 5.41) is 3.45. The number of aromatic amines is 3. The number of amides is 2. The number of ether oxygens (including phenoxy) is 2. The van der Waals surface area contributed by atoms with Gasteiger partial charge in [0.05, 0.1) is 70.7 Å². The Morgan fingerprint density at radius 1 is 0.714 bits per heavy atom. The summed E-state index contributed by atoms with van der Waals surface area (Å²) in [7, 11) is 1.36. The van der Waals surface area contributed by atoms with Crippen molar-refractivity contribution in [2.24, 2.45) is 11.8 Å². The number of carbonyl (C=O) groups excluding carboxylic acids is 3. The second kappa shape index (κ2) is 20.7. The second-order valence-electron chi connectivity index (χ2n) is 17.7. The Morgan fingerprint density at radius 3 is 1.65 bits per heavy atom. The van der Waals surface area contributed by atoms with Gasteiger partial charge in [-0.1, -0.05) is 13.8 Å². The number of benzene rings is 3. The molecule has 63 heavy (non-hydrogen) atoms. The van der Waals surface area contributed by atoms with Crippen molar-refractivity contribution in [1.29, 1.82) is 0 Å². The number of hydrogen-bond acceptors (Lipinski definition) is 9. The molecule has 4 atom stereocenters. The number of esters is 1. The number of methoxy groups -OCH3 is 1. The van der Waals surface area contributed by atoms with Crippen LogP contribution in [0.5, 0.6) is 0 Å². The summed E-state index contributed by atoms with van der Waals surface area (Å²) in [5.41, 5.74) is 5.58. The van der Waals surface area contributed by atoms with Gasteiger partial charge in [0.1, 0.15) is 23.1 Å². The van der Waals surface area contributed by atoms with Crippen molar-refractivity contribution < 1.29 is 23.9 Å². The Bertz CT molecular complexity index is 2560. The highest BCUT2D eigenvalue weighted by atomic mass is 127. The molecule has 2 amide bonds. The summed E-state index contributed by atoms with van der Waals surface area (Å²) in [6.07, 6.45) is 6.00. The Balaban J connectivity index is 0.000000146. The van der Waals surface area contributed by atoms with Crippen molar-refractivity contribution >= 4 is 119 Å². The van der Waals surface area contributed by atoms with Crippen LogP contribution in [0.1, 0.15) is 115 Å². The highest BCUT2D eigenvalue weighted by Crippen LogP contribution is 2.36. The van der Waals surface area contributed by atoms with Crippen molar-refractivity contribution in [2.45, 2.75) is 103 Å². The maximum atomic E-state index is 13.2. The lowest BCUT2D eigenvalue weighted by molar-refractivity contribution is -0.148. The van der Waals surface area contributed by atoms with E-state index >= 15 is 0 Å². The van der Waals surface area contributed by atoms with E-state index in [0.717, 1.165) is 89.9 Å². The summed E-state index contributed by atoms with van der Waals surface area (Å²) in [4.78, 5) is 65.1. The van der Waals surface area contributed by atoms with Crippen LogP contribution in [0.25, 0.3) is 33.1 Å². The molecular formula is C46H56I3N9O5. The lowest BCUT2D eigenvalue weighted by Crippen LogP contribution is -2.39. The summed E-state index contributed by atoms with van der Waals surface area (Å²) in [6.45, 7) is 12.1. The molecule has 17 heteroatoms. The van der Waals surface area contributed by atoms with E-state index in [9.17, 15) is 14.4 Å². The molecule has 3 fully saturated rings. The Kier molecular flexibility index (Phi) is 15.6. The van der Waals surface area contributed by atoms with Gasteiger partial charge in [0.15, 0.2) is 0 Å². The number of fused-ring (bicyclic) bond motifs is 3. The third-order valence-electron chi connectivity index (χ3n) is 11.6. The molecule has 3 aliphatic rings. The molecular weight excluding hydrogens is 1140 g/mol. The number of nitrogens with zero attached hydrogens (tertiary/aromatic N) is 5. The van der Waals surface area contributed by atoms with Gasteiger partial charge in [0.25, 0.3) is 0 Å². The SMILES string of the molecule is CC(C)(C)OC(=O)N1CCC[C@H]1c1nc2ccc(I)cc2[nH]1.COC(=O)C[C@H](C(=O)N1CCC[C@H]1c1nc2ccc(I)cc2[nH]1)C(C)C.Ic1ccc2nc([C@@H]3CCCN3)[nH]c2c1. The molecule has 14 nitrogen and oxygen atoms in total. The van der Waals surface area contributed by atoms with Crippen LogP contribution in [0.4, 0.5) is 4.79 Å². The van der Waals surface area contributed by atoms with E-state index in [1.807, 2.05) is 63.8 Å². The average Bonchev–Trinajstić information content (AvgIpc) is 4.09. The number of imidazole rings is 3. The highest BCUT2D eigenvalue weighted by molar-refractivity contribution is 14.1. The number of hydrogen-bond donors (Lipinski definition) is 4. The van der Waals surface area contributed by atoms with E-state index < -0.39 is 5.60 Å². The van der Waals surface area contributed by atoms with Crippen molar-refractivity contribution in [3.63, 3.8) is 0 Å². The first-order chi connectivity index (χ1) is 30.1. The molecule has 0 saturated carbocycles. The molecule has 4 N–H and O–H groups in total. The predicted octanol–water partition coefficient (Wildman–Crippen LogP) is 10.5. The Morgan fingerprint density at radius 2 is 1.19 bits per heavy atom. The van der Waals surface area contributed by atoms with Crippen LogP contribution in [-0.2, 0) is 19.1 Å². The van der Waals surface area contributed by atoms with Crippen molar-refractivity contribution in [3.05, 3.63) is 82.8 Å². The summed E-state index contributed by atoms with van der Waals surface area (Å²) in [6, 6.07) is 18.8. The number of likely N-dealkylation sites (tertiary alicyclic amines) is 2. The zero-order valence-corrected chi connectivity index (χ0v) is 43.0. The molecule has 9 rings (SSSR count). The predicted molar refractivity (Wildman–Crippen MR) is 270 cm³/mol. The third kappa shape index (κ3) is 11.8. The maximum Gasteiger partial charge on any atom is 0.410 e. The molecule has 0 bridgehead atoms. The average molecular weight is 1200 g/mol. The molecule has 336 valence electrons. The number of aromatic nitrogens is 6. The quantitative estimate of drug-likeness (QED) is 0.0896. The number of carbonyl (C=O) groups is 3. The largest absolute Gasteiger partial charge is 0.469 e. The van der Waals surface area contributed by atoms with Gasteiger partial charge in [-0.2, -0.15) is 0 Å². The minimum atomic E-state index is -0.478. The first-order valence-electron chi connectivity index (χ1n) is 21.6. The minimum Gasteiger partial charge on any atom is -0.469 e. The van der Waals surface area contributed by atoms with Gasteiger partial charge in [0.2, 0.25) is 5.91 Å². The van der Waals surface area contributed by atoms with Crippen LogP contribution in [-0.4, -0.2) is 90.0 Å². The van der Waals surface area contributed by atoms with E-state index in [0.29, 0.717) is 19.1 Å². The number of halogens is 3. The van der Waals surface area contributed by atoms with E-state index in [1.54, 1.807) is 4.90 Å². The fourth-order valence-electron chi connectivity index (χ4n) is 8.39. The fourth-order valence-corrected chi connectivity index (χ4v) is 9.87. The molecule has 0 spiro atoms. The standard InChI is InChI=1S/C19H24IN3O3.C16H20IN3O2.C11H12IN3/c1-11(2)13(10-17(24)26-3)19(25)23-8-4-5-16(23)18-21-14-7-6-12(20)9-15(14)22-18;1-16(2,3)22-15(21)20-8-4-5-13(20)14-18-11-7-6-10(17)9-12(11)19-14;12-7-3-4-8-10(6-7)15-11(14-8)9-2-1-5-13-9/h6-7,9,11,13,16H,4-5,8,10H2,1-3H3,(H,21,22);6-7,9,13H,4-5,8H2,1-3H3,(H,18,19);3-4,6,9,13H,1-2,5H2,(H,14,15)/t13-,16-;13-;9-/m000/s1. The van der Waals surface area contributed by atoms with Crippen molar-refractivity contribution in [1.82, 2.24) is 45.0 Å². The fraction of sp³-hybridized carbons (Fsp3) is 0.478. The summed E-state index contributed by atoms with van der Waals surface area (Å²) < 4.78 is 13.8. The van der Waals surface area contributed by atoms with Crippen LogP contribution < -0.4 is 5.32 Å². The van der Waals surface area contributed by atoms with Crippen LogP contribution >= 0.6 is 67.8 Å². The molecule has 0 aliphatic carbocycles. The van der Waals surface area contributed by atoms with Gasteiger partial charge in [0, 0.05) is 23.8 Å². The number of H-pyrrole nitrogens is 3. The van der Waals surface area contributed by atoms with Gasteiger partial charge >= 0.3 is 12.1 Å². The van der Waals surface area contributed by atoms with E-state index in [2.05, 4.69) is 128 Å². The van der Waals surface area contributed by atoms with Gasteiger partial charge in [-0.3, -0.25) is 14.5 Å². The van der Waals surface area contributed by atoms with E-state index in [4.69, 9.17) is 14.5 Å². The van der Waals surface area contributed by atoms with Crippen molar-refractivity contribution in [3.8, 4) is 0 Å². The Hall–Kier alpha value is -3.57. The van der Waals surface area contributed by atoms with Crippen molar-refractivity contribution in [2.75, 3.05) is 26.7 Å². The van der Waals surface area contributed by atoms with Gasteiger partial charge in [-0.15, -0.1) is 0 Å². The lowest BCUT2D eigenvalue weighted by Gasteiger charge is -2.29. The minimum absolute atomic E-state index is 0.0166. The zero-order valence-electron chi connectivity index (χ0n) is 36.6. The van der Waals surface area contributed by atoms with E-state index in [-0.39, 0.29) is 48.3 Å². The Labute approximate surface area is 409 Å². The first-order valence-corrected chi connectivity index (χ1v) is 24.9. The molecule has 3 aromatic heterocycles. The van der Waals surface area contributed by atoms with Gasteiger partial charge < -0.3 is 34.6 Å². The second-order valence-corrected chi connectivity index (χ2v) is 21.4. The summed E-state index contributed by atoms with van der Waals surface area (Å²) in [5.74, 6) is 2.14. The number of rotatable bonds is 7. The van der Waals surface area contributed by atoms with Gasteiger partial charge in [-0.25, -0.2) is 19.7 Å². The monoisotopic (exact) mass is 1200 g/mol. The molecule has 3 aromatic carbocycles. The molecule has 6 aromatic rings. The molecule has 6 heterocycles. The molecule has 0 radical (unpaired) electrons. The maximum absolute atomic E-state index is 13.2. The smallest absolute Gasteiger partial charge is 0.410 e. The molecule has 3 aliphatic heterocycles. The molecule has 0 unspecified atom stereocenters. The normalized spacial score (nSPS) is 19.3. The van der Waals surface area contributed by atoms with Crippen LogP contribution in [0.2, 0.25) is 0 Å². The van der Waals surface area contributed by atoms with E-state index in [1.165, 1.54) is 23.5 Å². The molecule has 3 saturated heterocycles. The third-order valence-corrected chi connectivity index (χ3v) is 13.6. The highest BCUT2D eigenvalue weighted by Gasteiger charge is 2.38. The number of nitrogens with one attached hydrogen (secondary N) is 4. The zero-order chi connectivity index (χ0) is 45.0. The first kappa shape index (κ1) is 47.4. The summed E-state index contributed by atoms with van der Waals surface area (Å²) >= 11 is 6.88. The van der Waals surface area contributed by atoms with Crippen LogP contribution in [0.15, 0.2) is 54.6 Å². The lowest BCUT2D eigenvalue weighted by atomic mass is 9.91.